The zero-order chi connectivity index (χ0) is 40.8. The van der Waals surface area contributed by atoms with E-state index in [0.29, 0.717) is 38.3 Å². The summed E-state index contributed by atoms with van der Waals surface area (Å²) in [5, 5.41) is 33.3. The van der Waals surface area contributed by atoms with E-state index < -0.39 is 29.7 Å². The quantitative estimate of drug-likeness (QED) is 0.183. The van der Waals surface area contributed by atoms with Gasteiger partial charge in [0.15, 0.2) is 5.01 Å². The van der Waals surface area contributed by atoms with Crippen molar-refractivity contribution >= 4 is 57.8 Å². The van der Waals surface area contributed by atoms with Gasteiger partial charge in [0, 0.05) is 69.2 Å². The Bertz CT molecular complexity index is 2560. The van der Waals surface area contributed by atoms with Gasteiger partial charge in [0.25, 0.3) is 11.8 Å². The van der Waals surface area contributed by atoms with Crippen molar-refractivity contribution in [2.45, 2.75) is 56.5 Å². The van der Waals surface area contributed by atoms with Crippen LogP contribution in [0.3, 0.4) is 0 Å². The zero-order valence-electron chi connectivity index (χ0n) is 32.2. The highest BCUT2D eigenvalue weighted by Crippen LogP contribution is 2.39. The molecule has 3 N–H and O–H groups in total. The molecule has 1 aliphatic carbocycles. The third kappa shape index (κ3) is 7.27. The standard InChI is InChI=1S/C41H40N12O5S/c1-43-31-18-32(33-9-7-27-16-23(19-42)20-45-53(27)33)44-21-30(31)39-49-48-38(59-39)24-2-4-25(5-3-24)46-36(55)22-50-12-14-51(15-13-50)26-6-8-28-29(17-26)41(58)52(40(28)57)34-10-11-35(54)47-37(34)56/h6-9,16-18,20-21,24-25,34H,2-5,10-15,22H2,1H3,(H,43,44)(H,46,55)(H,47,54,56). The molecule has 1 unspecified atom stereocenters. The maximum absolute atomic E-state index is 13.3. The van der Waals surface area contributed by atoms with Gasteiger partial charge in [0.1, 0.15) is 17.1 Å². The van der Waals surface area contributed by atoms with E-state index in [1.54, 1.807) is 40.2 Å². The summed E-state index contributed by atoms with van der Waals surface area (Å²) in [4.78, 5) is 73.6. The number of carbonyl (C=O) groups is 5. The molecule has 9 rings (SSSR count). The molecule has 1 aromatic carbocycles. The molecule has 7 heterocycles. The Hall–Kier alpha value is -6.58. The van der Waals surface area contributed by atoms with Crippen LogP contribution in [-0.4, -0.2) is 116 Å². The van der Waals surface area contributed by atoms with Crippen LogP contribution >= 0.6 is 11.3 Å². The van der Waals surface area contributed by atoms with Crippen LogP contribution in [0, 0.1) is 11.3 Å². The van der Waals surface area contributed by atoms with Crippen LogP contribution in [-0.2, 0) is 14.4 Å². The topological polar surface area (TPSA) is 211 Å². The Kier molecular flexibility index (Phi) is 10.1. The number of piperazine rings is 1. The average molecular weight is 813 g/mol. The van der Waals surface area contributed by atoms with Gasteiger partial charge in [-0.1, -0.05) is 11.3 Å². The Morgan fingerprint density at radius 3 is 2.47 bits per heavy atom. The van der Waals surface area contributed by atoms with Crippen molar-refractivity contribution < 1.29 is 24.0 Å². The first-order chi connectivity index (χ1) is 28.7. The van der Waals surface area contributed by atoms with Crippen molar-refractivity contribution in [1.82, 2.24) is 45.2 Å². The molecular formula is C41H40N12O5S. The van der Waals surface area contributed by atoms with E-state index in [2.05, 4.69) is 47.1 Å². The summed E-state index contributed by atoms with van der Waals surface area (Å²) >= 11 is 1.57. The third-order valence-corrected chi connectivity index (χ3v) is 12.8. The fraction of sp³-hybridized carbons (Fsp3) is 0.366. The predicted octanol–water partition coefficient (Wildman–Crippen LogP) is 3.19. The second kappa shape index (κ2) is 15.6. The fourth-order valence-electron chi connectivity index (χ4n) is 8.52. The van der Waals surface area contributed by atoms with E-state index in [4.69, 9.17) is 4.98 Å². The number of hydrogen-bond donors (Lipinski definition) is 3. The number of hydrogen-bond acceptors (Lipinski definition) is 14. The monoisotopic (exact) mass is 812 g/mol. The molecule has 4 aromatic heterocycles. The number of nitriles is 1. The second-order valence-electron chi connectivity index (χ2n) is 15.3. The number of aromatic nitrogens is 5. The van der Waals surface area contributed by atoms with Crippen molar-refractivity contribution in [2.75, 3.05) is 50.0 Å². The van der Waals surface area contributed by atoms with Crippen LogP contribution in [0.1, 0.15) is 75.7 Å². The van der Waals surface area contributed by atoms with Crippen molar-refractivity contribution in [2.24, 2.45) is 0 Å². The number of pyridine rings is 1. The van der Waals surface area contributed by atoms with Crippen LogP contribution in [0.4, 0.5) is 11.4 Å². The van der Waals surface area contributed by atoms with Gasteiger partial charge in [-0.25, -0.2) is 4.52 Å². The summed E-state index contributed by atoms with van der Waals surface area (Å²) in [7, 11) is 1.86. The average Bonchev–Trinajstić information content (AvgIpc) is 3.98. The fourth-order valence-corrected chi connectivity index (χ4v) is 9.55. The molecule has 5 aromatic rings. The second-order valence-corrected chi connectivity index (χ2v) is 16.3. The van der Waals surface area contributed by atoms with E-state index in [0.717, 1.165) is 74.4 Å². The Labute approximate surface area is 342 Å². The number of imide groups is 2. The van der Waals surface area contributed by atoms with Gasteiger partial charge < -0.3 is 15.5 Å². The summed E-state index contributed by atoms with van der Waals surface area (Å²) in [6.07, 6.45) is 7.03. The highest BCUT2D eigenvalue weighted by molar-refractivity contribution is 7.14. The van der Waals surface area contributed by atoms with Crippen molar-refractivity contribution in [1.29, 1.82) is 5.26 Å². The lowest BCUT2D eigenvalue weighted by atomic mass is 9.86. The molecule has 18 heteroatoms. The molecule has 0 spiro atoms. The van der Waals surface area contributed by atoms with Crippen LogP contribution in [0.2, 0.25) is 0 Å². The highest BCUT2D eigenvalue weighted by Gasteiger charge is 2.45. The molecule has 0 radical (unpaired) electrons. The number of fused-ring (bicyclic) bond motifs is 2. The predicted molar refractivity (Wildman–Crippen MR) is 216 cm³/mol. The molecule has 59 heavy (non-hydrogen) atoms. The Balaban J connectivity index is 0.750. The lowest BCUT2D eigenvalue weighted by molar-refractivity contribution is -0.136. The molecule has 17 nitrogen and oxygen atoms in total. The van der Waals surface area contributed by atoms with Crippen molar-refractivity contribution in [3.63, 3.8) is 0 Å². The van der Waals surface area contributed by atoms with Gasteiger partial charge in [-0.15, -0.1) is 10.2 Å². The van der Waals surface area contributed by atoms with Gasteiger partial charge >= 0.3 is 0 Å². The molecule has 300 valence electrons. The summed E-state index contributed by atoms with van der Waals surface area (Å²) in [6, 6.07) is 14.0. The van der Waals surface area contributed by atoms with Gasteiger partial charge in [-0.3, -0.25) is 44.1 Å². The van der Waals surface area contributed by atoms with Crippen LogP contribution in [0.15, 0.2) is 54.9 Å². The first-order valence-corrected chi connectivity index (χ1v) is 20.5. The highest BCUT2D eigenvalue weighted by atomic mass is 32.1. The van der Waals surface area contributed by atoms with E-state index in [1.807, 2.05) is 31.3 Å². The number of nitrogens with one attached hydrogen (secondary N) is 3. The molecule has 2 saturated heterocycles. The normalized spacial score (nSPS) is 21.1. The molecule has 5 amide bonds. The van der Waals surface area contributed by atoms with E-state index >= 15 is 0 Å². The van der Waals surface area contributed by atoms with Crippen molar-refractivity contribution in [3.05, 3.63) is 76.6 Å². The molecular weight excluding hydrogens is 773 g/mol. The van der Waals surface area contributed by atoms with E-state index in [1.165, 1.54) is 6.20 Å². The van der Waals surface area contributed by atoms with E-state index in [-0.39, 0.29) is 41.8 Å². The first-order valence-electron chi connectivity index (χ1n) is 19.7. The number of nitrogens with zero attached hydrogens (tertiary/aromatic N) is 9. The number of carbonyl (C=O) groups excluding carboxylic acids is 5. The summed E-state index contributed by atoms with van der Waals surface area (Å²) in [5.74, 6) is -1.83. The molecule has 1 atom stereocenters. The molecule has 3 fully saturated rings. The lowest BCUT2D eigenvalue weighted by Gasteiger charge is -2.36. The minimum Gasteiger partial charge on any atom is -0.387 e. The van der Waals surface area contributed by atoms with Crippen molar-refractivity contribution in [3.8, 4) is 28.0 Å². The maximum atomic E-state index is 13.3. The van der Waals surface area contributed by atoms with Crippen LogP contribution in [0.25, 0.3) is 27.5 Å². The first kappa shape index (κ1) is 38.0. The molecule has 1 saturated carbocycles. The number of anilines is 2. The number of piperidine rings is 1. The summed E-state index contributed by atoms with van der Waals surface area (Å²) in [5.41, 5.74) is 5.89. The smallest absolute Gasteiger partial charge is 0.262 e. The number of rotatable bonds is 9. The lowest BCUT2D eigenvalue weighted by Crippen LogP contribution is -2.54. The van der Waals surface area contributed by atoms with Gasteiger partial charge in [-0.05, 0) is 74.6 Å². The van der Waals surface area contributed by atoms with Crippen LogP contribution < -0.4 is 20.9 Å². The third-order valence-electron chi connectivity index (χ3n) is 11.7. The Morgan fingerprint density at radius 2 is 1.71 bits per heavy atom. The molecule has 3 aliphatic heterocycles. The Morgan fingerprint density at radius 1 is 0.915 bits per heavy atom. The zero-order valence-corrected chi connectivity index (χ0v) is 33.0. The van der Waals surface area contributed by atoms with Gasteiger partial charge in [0.2, 0.25) is 17.7 Å². The van der Waals surface area contributed by atoms with Gasteiger partial charge in [0.05, 0.1) is 51.9 Å². The van der Waals surface area contributed by atoms with Crippen LogP contribution in [0.5, 0.6) is 0 Å². The maximum Gasteiger partial charge on any atom is 0.262 e. The SMILES string of the molecule is CNc1cc(-c2ccc3cc(C#N)cnn23)ncc1-c1nnc(C2CCC(NC(=O)CN3CCN(c4ccc5c(c4)C(=O)N(C4CCC(=O)NC4=O)C5=O)CC3)CC2)s1. The van der Waals surface area contributed by atoms with E-state index in [9.17, 15) is 29.2 Å². The minimum atomic E-state index is -1.00. The summed E-state index contributed by atoms with van der Waals surface area (Å²) < 4.78 is 1.77. The number of amides is 5. The van der Waals surface area contributed by atoms with Gasteiger partial charge in [-0.2, -0.15) is 10.4 Å². The minimum absolute atomic E-state index is 0.00155. The molecule has 0 bridgehead atoms. The largest absolute Gasteiger partial charge is 0.387 e. The number of benzene rings is 1. The molecule has 4 aliphatic rings. The summed E-state index contributed by atoms with van der Waals surface area (Å²) in [6.45, 7) is 2.89.